The van der Waals surface area contributed by atoms with Gasteiger partial charge < -0.3 is 15.4 Å². The lowest BCUT2D eigenvalue weighted by atomic mass is 9.49. The molecule has 26 heavy (non-hydrogen) atoms. The van der Waals surface area contributed by atoms with E-state index in [4.69, 9.17) is 4.74 Å². The van der Waals surface area contributed by atoms with Crippen molar-refractivity contribution in [1.82, 2.24) is 10.6 Å². The Balaban J connectivity index is 1.41. The van der Waals surface area contributed by atoms with Crippen LogP contribution in [-0.2, 0) is 19.1 Å². The highest BCUT2D eigenvalue weighted by atomic mass is 16.5. The van der Waals surface area contributed by atoms with Gasteiger partial charge in [-0.05, 0) is 82.5 Å². The van der Waals surface area contributed by atoms with Gasteiger partial charge >= 0.3 is 5.97 Å². The van der Waals surface area contributed by atoms with Crippen molar-refractivity contribution in [2.75, 3.05) is 6.54 Å². The number of hydrogen-bond acceptors (Lipinski definition) is 4. The Bertz CT molecular complexity index is 537. The predicted molar refractivity (Wildman–Crippen MR) is 97.1 cm³/mol. The summed E-state index contributed by atoms with van der Waals surface area (Å²) in [6.45, 7) is 5.05. The molecule has 0 aromatic heterocycles. The van der Waals surface area contributed by atoms with Gasteiger partial charge in [0.15, 0.2) is 6.10 Å². The van der Waals surface area contributed by atoms with Gasteiger partial charge in [0.25, 0.3) is 5.91 Å². The molecule has 0 aromatic carbocycles. The Hall–Kier alpha value is -1.59. The second kappa shape index (κ2) is 7.57. The van der Waals surface area contributed by atoms with Crippen LogP contribution in [0.2, 0.25) is 0 Å². The lowest BCUT2D eigenvalue weighted by Crippen LogP contribution is -2.48. The molecule has 4 fully saturated rings. The maximum absolute atomic E-state index is 12.4. The van der Waals surface area contributed by atoms with E-state index in [-0.39, 0.29) is 29.8 Å². The van der Waals surface area contributed by atoms with E-state index in [0.29, 0.717) is 6.42 Å². The SMILES string of the molecule is CC(C)NC(=O)[C@@H](C)OC(=O)CNC(=O)CC12CC3CC(CC(C3)C1)C2. The predicted octanol–water partition coefficient (Wildman–Crippen LogP) is 2.17. The molecule has 4 aliphatic carbocycles. The number of carbonyl (C=O) groups is 3. The normalized spacial score (nSPS) is 33.0. The molecule has 6 heteroatoms. The van der Waals surface area contributed by atoms with Gasteiger partial charge in [0.1, 0.15) is 6.54 Å². The van der Waals surface area contributed by atoms with Gasteiger partial charge in [-0.3, -0.25) is 14.4 Å². The van der Waals surface area contributed by atoms with Gasteiger partial charge in [0.2, 0.25) is 5.91 Å². The highest BCUT2D eigenvalue weighted by Gasteiger charge is 2.51. The summed E-state index contributed by atoms with van der Waals surface area (Å²) in [5.41, 5.74) is 0.160. The molecule has 2 N–H and O–H groups in total. The Morgan fingerprint density at radius 2 is 1.54 bits per heavy atom. The molecular weight excluding hydrogens is 332 g/mol. The summed E-state index contributed by atoms with van der Waals surface area (Å²) in [6, 6.07) is -0.0105. The molecule has 0 heterocycles. The van der Waals surface area contributed by atoms with Crippen LogP contribution in [0.3, 0.4) is 0 Å². The van der Waals surface area contributed by atoms with Gasteiger partial charge in [0, 0.05) is 12.5 Å². The Morgan fingerprint density at radius 1 is 1.00 bits per heavy atom. The van der Waals surface area contributed by atoms with E-state index < -0.39 is 12.1 Å². The average molecular weight is 364 g/mol. The van der Waals surface area contributed by atoms with Crippen LogP contribution in [0, 0.1) is 23.2 Å². The average Bonchev–Trinajstić information content (AvgIpc) is 2.50. The molecule has 1 atom stereocenters. The summed E-state index contributed by atoms with van der Waals surface area (Å²) in [6.07, 6.45) is 7.23. The summed E-state index contributed by atoms with van der Waals surface area (Å²) in [5.74, 6) is 1.45. The van der Waals surface area contributed by atoms with Crippen molar-refractivity contribution in [3.8, 4) is 0 Å². The number of nitrogens with one attached hydrogen (secondary N) is 2. The first-order valence-corrected chi connectivity index (χ1v) is 10.0. The molecule has 4 aliphatic rings. The standard InChI is InChI=1S/C20H32N2O4/c1-12(2)22-19(25)13(3)26-18(24)11-21-17(23)10-20-7-14-4-15(8-20)6-16(5-14)9-20/h12-16H,4-11H2,1-3H3,(H,21,23)(H,22,25)/t13-,14?,15?,16?,20?/m1/s1. The van der Waals surface area contributed by atoms with Crippen LogP contribution in [0.25, 0.3) is 0 Å². The second-order valence-corrected chi connectivity index (χ2v) is 9.17. The Kier molecular flexibility index (Phi) is 5.58. The highest BCUT2D eigenvalue weighted by molar-refractivity contribution is 5.86. The van der Waals surface area contributed by atoms with Gasteiger partial charge in [-0.2, -0.15) is 0 Å². The zero-order valence-electron chi connectivity index (χ0n) is 16.2. The lowest BCUT2D eigenvalue weighted by Gasteiger charge is -2.56. The summed E-state index contributed by atoms with van der Waals surface area (Å²) < 4.78 is 5.09. The molecule has 0 aliphatic heterocycles. The maximum atomic E-state index is 12.4. The van der Waals surface area contributed by atoms with Crippen LogP contribution < -0.4 is 10.6 Å². The van der Waals surface area contributed by atoms with Gasteiger partial charge in [0.05, 0.1) is 0 Å². The third kappa shape index (κ3) is 4.57. The first kappa shape index (κ1) is 19.2. The van der Waals surface area contributed by atoms with Crippen LogP contribution in [0.4, 0.5) is 0 Å². The summed E-state index contributed by atoms with van der Waals surface area (Å²) in [4.78, 5) is 36.1. The third-order valence-corrected chi connectivity index (χ3v) is 6.24. The fourth-order valence-electron chi connectivity index (χ4n) is 5.77. The molecule has 6 nitrogen and oxygen atoms in total. The number of carbonyl (C=O) groups excluding carboxylic acids is 3. The van der Waals surface area contributed by atoms with Gasteiger partial charge in [-0.25, -0.2) is 0 Å². The molecular formula is C20H32N2O4. The minimum Gasteiger partial charge on any atom is -0.451 e. The fourth-order valence-corrected chi connectivity index (χ4v) is 5.77. The van der Waals surface area contributed by atoms with E-state index in [9.17, 15) is 14.4 Å². The molecule has 0 aromatic rings. The largest absolute Gasteiger partial charge is 0.451 e. The van der Waals surface area contributed by atoms with Crippen molar-refractivity contribution in [3.63, 3.8) is 0 Å². The van der Waals surface area contributed by atoms with Crippen molar-refractivity contribution >= 4 is 17.8 Å². The van der Waals surface area contributed by atoms with Gasteiger partial charge in [-0.15, -0.1) is 0 Å². The summed E-state index contributed by atoms with van der Waals surface area (Å²) in [5, 5.41) is 5.39. The van der Waals surface area contributed by atoms with Crippen LogP contribution in [0.5, 0.6) is 0 Å². The molecule has 4 rings (SSSR count). The molecule has 2 amide bonds. The molecule has 4 saturated carbocycles. The van der Waals surface area contributed by atoms with E-state index in [1.807, 2.05) is 13.8 Å². The fraction of sp³-hybridized carbons (Fsp3) is 0.850. The minimum absolute atomic E-state index is 0.0105. The number of esters is 1. The van der Waals surface area contributed by atoms with E-state index in [1.54, 1.807) is 0 Å². The molecule has 0 spiro atoms. The second-order valence-electron chi connectivity index (χ2n) is 9.17. The van der Waals surface area contributed by atoms with Crippen molar-refractivity contribution in [3.05, 3.63) is 0 Å². The Labute approximate surface area is 155 Å². The van der Waals surface area contributed by atoms with Gasteiger partial charge in [-0.1, -0.05) is 0 Å². The number of ether oxygens (including phenoxy) is 1. The molecule has 0 unspecified atom stereocenters. The summed E-state index contributed by atoms with van der Waals surface area (Å²) in [7, 11) is 0. The lowest BCUT2D eigenvalue weighted by molar-refractivity contribution is -0.154. The van der Waals surface area contributed by atoms with E-state index in [2.05, 4.69) is 10.6 Å². The topological polar surface area (TPSA) is 84.5 Å². The van der Waals surface area contributed by atoms with Crippen molar-refractivity contribution in [1.29, 1.82) is 0 Å². The van der Waals surface area contributed by atoms with Crippen LogP contribution in [0.15, 0.2) is 0 Å². The maximum Gasteiger partial charge on any atom is 0.326 e. The van der Waals surface area contributed by atoms with Crippen molar-refractivity contribution < 1.29 is 19.1 Å². The first-order valence-electron chi connectivity index (χ1n) is 10.0. The number of hydrogen-bond donors (Lipinski definition) is 2. The van der Waals surface area contributed by atoms with E-state index in [1.165, 1.54) is 45.4 Å². The molecule has 4 bridgehead atoms. The zero-order chi connectivity index (χ0) is 18.9. The van der Waals surface area contributed by atoms with Crippen LogP contribution >= 0.6 is 0 Å². The smallest absolute Gasteiger partial charge is 0.326 e. The van der Waals surface area contributed by atoms with Crippen LogP contribution in [-0.4, -0.2) is 36.5 Å². The van der Waals surface area contributed by atoms with Crippen molar-refractivity contribution in [2.24, 2.45) is 23.2 Å². The van der Waals surface area contributed by atoms with Crippen molar-refractivity contribution in [2.45, 2.75) is 77.9 Å². The quantitative estimate of drug-likeness (QED) is 0.678. The van der Waals surface area contributed by atoms with E-state index >= 15 is 0 Å². The number of rotatable bonds is 7. The summed E-state index contributed by atoms with van der Waals surface area (Å²) >= 11 is 0. The molecule has 0 radical (unpaired) electrons. The monoisotopic (exact) mass is 364 g/mol. The molecule has 146 valence electrons. The van der Waals surface area contributed by atoms with Crippen LogP contribution in [0.1, 0.15) is 65.7 Å². The first-order chi connectivity index (χ1) is 12.2. The highest BCUT2D eigenvalue weighted by Crippen LogP contribution is 2.61. The third-order valence-electron chi connectivity index (χ3n) is 6.24. The minimum atomic E-state index is -0.857. The zero-order valence-corrected chi connectivity index (χ0v) is 16.2. The number of amides is 2. The molecule has 0 saturated heterocycles. The van der Waals surface area contributed by atoms with E-state index in [0.717, 1.165) is 17.8 Å². The Morgan fingerprint density at radius 3 is 2.04 bits per heavy atom.